The van der Waals surface area contributed by atoms with E-state index in [1.807, 2.05) is 29.0 Å². The van der Waals surface area contributed by atoms with E-state index in [-0.39, 0.29) is 5.91 Å². The Morgan fingerprint density at radius 1 is 1.21 bits per heavy atom. The molecule has 0 atom stereocenters. The summed E-state index contributed by atoms with van der Waals surface area (Å²) in [6.45, 7) is 3.51. The lowest BCUT2D eigenvalue weighted by Crippen LogP contribution is -2.47. The molecule has 2 aliphatic rings. The van der Waals surface area contributed by atoms with Crippen LogP contribution in [0.2, 0.25) is 0 Å². The van der Waals surface area contributed by atoms with Gasteiger partial charge in [0.1, 0.15) is 0 Å². The SMILES string of the molecule is CN1CC(=O)N(CC2CCNCC2)c2ccccc21. The lowest BCUT2D eigenvalue weighted by atomic mass is 9.96. The number of rotatable bonds is 2. The topological polar surface area (TPSA) is 35.6 Å². The third-order valence-electron chi connectivity index (χ3n) is 4.16. The van der Waals surface area contributed by atoms with Crippen LogP contribution in [0, 0.1) is 5.92 Å². The van der Waals surface area contributed by atoms with Crippen LogP contribution >= 0.6 is 0 Å². The number of piperidine rings is 1. The Kier molecular flexibility index (Phi) is 3.42. The summed E-state index contributed by atoms with van der Waals surface area (Å²) in [4.78, 5) is 16.3. The predicted octanol–water partition coefficient (Wildman–Crippen LogP) is 1.47. The Balaban J connectivity index is 1.83. The Morgan fingerprint density at radius 2 is 1.89 bits per heavy atom. The van der Waals surface area contributed by atoms with Crippen molar-refractivity contribution in [3.8, 4) is 0 Å². The van der Waals surface area contributed by atoms with Crippen molar-refractivity contribution < 1.29 is 4.79 Å². The van der Waals surface area contributed by atoms with E-state index < -0.39 is 0 Å². The molecule has 0 unspecified atom stereocenters. The average Bonchev–Trinajstić information content (AvgIpc) is 2.45. The molecule has 1 saturated heterocycles. The molecule has 2 heterocycles. The number of likely N-dealkylation sites (N-methyl/N-ethyl adjacent to an activating group) is 1. The Labute approximate surface area is 114 Å². The predicted molar refractivity (Wildman–Crippen MR) is 77.7 cm³/mol. The lowest BCUT2D eigenvalue weighted by molar-refractivity contribution is -0.117. The number of nitrogens with zero attached hydrogens (tertiary/aromatic N) is 2. The number of hydrogen-bond acceptors (Lipinski definition) is 3. The van der Waals surface area contributed by atoms with E-state index in [2.05, 4.69) is 17.4 Å². The standard InChI is InChI=1S/C15H21N3O/c1-17-11-15(19)18(10-12-6-8-16-9-7-12)14-5-3-2-4-13(14)17/h2-5,12,16H,6-11H2,1H3. The van der Waals surface area contributed by atoms with E-state index in [0.717, 1.165) is 31.0 Å². The van der Waals surface area contributed by atoms with Gasteiger partial charge in [0, 0.05) is 13.6 Å². The third-order valence-corrected chi connectivity index (χ3v) is 4.16. The van der Waals surface area contributed by atoms with E-state index in [1.165, 1.54) is 12.8 Å². The van der Waals surface area contributed by atoms with Crippen molar-refractivity contribution in [2.75, 3.05) is 43.0 Å². The molecule has 0 bridgehead atoms. The summed E-state index contributed by atoms with van der Waals surface area (Å²) in [5.41, 5.74) is 2.23. The van der Waals surface area contributed by atoms with Crippen LogP contribution in [0.1, 0.15) is 12.8 Å². The molecule has 102 valence electrons. The first-order chi connectivity index (χ1) is 9.25. The first-order valence-corrected chi connectivity index (χ1v) is 7.07. The number of nitrogens with one attached hydrogen (secondary N) is 1. The van der Waals surface area contributed by atoms with Crippen LogP contribution in [-0.4, -0.2) is 39.1 Å². The summed E-state index contributed by atoms with van der Waals surface area (Å²) >= 11 is 0. The van der Waals surface area contributed by atoms with Gasteiger partial charge in [-0.25, -0.2) is 0 Å². The maximum Gasteiger partial charge on any atom is 0.246 e. The fourth-order valence-electron chi connectivity index (χ4n) is 3.05. The largest absolute Gasteiger partial charge is 0.364 e. The quantitative estimate of drug-likeness (QED) is 0.873. The van der Waals surface area contributed by atoms with Gasteiger partial charge >= 0.3 is 0 Å². The van der Waals surface area contributed by atoms with E-state index in [1.54, 1.807) is 0 Å². The molecule has 19 heavy (non-hydrogen) atoms. The van der Waals surface area contributed by atoms with E-state index in [0.29, 0.717) is 12.5 Å². The Morgan fingerprint density at radius 3 is 2.63 bits per heavy atom. The second kappa shape index (κ2) is 5.21. The van der Waals surface area contributed by atoms with Crippen molar-refractivity contribution in [1.29, 1.82) is 0 Å². The van der Waals surface area contributed by atoms with Crippen molar-refractivity contribution in [3.05, 3.63) is 24.3 Å². The van der Waals surface area contributed by atoms with Crippen molar-refractivity contribution in [2.24, 2.45) is 5.92 Å². The minimum Gasteiger partial charge on any atom is -0.364 e. The molecule has 0 saturated carbocycles. The number of fused-ring (bicyclic) bond motifs is 1. The summed E-state index contributed by atoms with van der Waals surface area (Å²) in [5.74, 6) is 0.849. The number of anilines is 2. The molecule has 1 fully saturated rings. The molecule has 0 spiro atoms. The van der Waals surface area contributed by atoms with Crippen molar-refractivity contribution >= 4 is 17.3 Å². The van der Waals surface area contributed by atoms with Gasteiger partial charge in [-0.3, -0.25) is 4.79 Å². The first-order valence-electron chi connectivity index (χ1n) is 7.07. The van der Waals surface area contributed by atoms with Crippen LogP contribution in [0.5, 0.6) is 0 Å². The molecule has 3 rings (SSSR count). The number of para-hydroxylation sites is 2. The number of amides is 1. The summed E-state index contributed by atoms with van der Waals surface area (Å²) < 4.78 is 0. The summed E-state index contributed by atoms with van der Waals surface area (Å²) in [6, 6.07) is 8.20. The molecule has 1 amide bonds. The van der Waals surface area contributed by atoms with Gasteiger partial charge in [-0.05, 0) is 44.0 Å². The van der Waals surface area contributed by atoms with Gasteiger partial charge in [-0.2, -0.15) is 0 Å². The maximum atomic E-state index is 12.3. The van der Waals surface area contributed by atoms with Crippen LogP contribution in [-0.2, 0) is 4.79 Å². The van der Waals surface area contributed by atoms with Gasteiger partial charge in [-0.1, -0.05) is 12.1 Å². The second-order valence-corrected chi connectivity index (χ2v) is 5.54. The van der Waals surface area contributed by atoms with Crippen LogP contribution in [0.3, 0.4) is 0 Å². The zero-order valence-electron chi connectivity index (χ0n) is 11.4. The molecule has 0 aromatic heterocycles. The van der Waals surface area contributed by atoms with Crippen molar-refractivity contribution in [2.45, 2.75) is 12.8 Å². The molecule has 1 aromatic carbocycles. The van der Waals surface area contributed by atoms with Crippen LogP contribution < -0.4 is 15.1 Å². The van der Waals surface area contributed by atoms with Gasteiger partial charge in [0.25, 0.3) is 0 Å². The lowest BCUT2D eigenvalue weighted by Gasteiger charge is -2.37. The summed E-state index contributed by atoms with van der Waals surface area (Å²) in [6.07, 6.45) is 2.34. The highest BCUT2D eigenvalue weighted by molar-refractivity contribution is 6.03. The van der Waals surface area contributed by atoms with Crippen molar-refractivity contribution in [3.63, 3.8) is 0 Å². The molecular weight excluding hydrogens is 238 g/mol. The minimum atomic E-state index is 0.222. The molecule has 2 aliphatic heterocycles. The Bertz CT molecular complexity index is 468. The highest BCUT2D eigenvalue weighted by Crippen LogP contribution is 2.33. The normalized spacial score (nSPS) is 20.6. The molecule has 1 N–H and O–H groups in total. The number of carbonyl (C=O) groups is 1. The monoisotopic (exact) mass is 259 g/mol. The third kappa shape index (κ3) is 2.45. The maximum absolute atomic E-state index is 12.3. The Hall–Kier alpha value is -1.55. The van der Waals surface area contributed by atoms with Gasteiger partial charge in [0.2, 0.25) is 5.91 Å². The first kappa shape index (κ1) is 12.5. The number of carbonyl (C=O) groups excluding carboxylic acids is 1. The minimum absolute atomic E-state index is 0.222. The molecule has 1 aromatic rings. The molecule has 0 radical (unpaired) electrons. The highest BCUT2D eigenvalue weighted by Gasteiger charge is 2.29. The fourth-order valence-corrected chi connectivity index (χ4v) is 3.05. The van der Waals surface area contributed by atoms with Gasteiger partial charge in [-0.15, -0.1) is 0 Å². The number of benzene rings is 1. The molecular formula is C15H21N3O. The molecule has 0 aliphatic carbocycles. The number of hydrogen-bond donors (Lipinski definition) is 1. The zero-order chi connectivity index (χ0) is 13.2. The second-order valence-electron chi connectivity index (χ2n) is 5.54. The highest BCUT2D eigenvalue weighted by atomic mass is 16.2. The van der Waals surface area contributed by atoms with Crippen LogP contribution in [0.25, 0.3) is 0 Å². The smallest absolute Gasteiger partial charge is 0.246 e. The van der Waals surface area contributed by atoms with Crippen LogP contribution in [0.4, 0.5) is 11.4 Å². The van der Waals surface area contributed by atoms with Gasteiger partial charge in [0.05, 0.1) is 17.9 Å². The van der Waals surface area contributed by atoms with Gasteiger partial charge < -0.3 is 15.1 Å². The van der Waals surface area contributed by atoms with Crippen LogP contribution in [0.15, 0.2) is 24.3 Å². The van der Waals surface area contributed by atoms with Gasteiger partial charge in [0.15, 0.2) is 0 Å². The fraction of sp³-hybridized carbons (Fsp3) is 0.533. The average molecular weight is 259 g/mol. The zero-order valence-corrected chi connectivity index (χ0v) is 11.4. The molecule has 4 heteroatoms. The van der Waals surface area contributed by atoms with Crippen molar-refractivity contribution in [1.82, 2.24) is 5.32 Å². The van der Waals surface area contributed by atoms with E-state index in [9.17, 15) is 4.79 Å². The van der Waals surface area contributed by atoms with E-state index in [4.69, 9.17) is 0 Å². The summed E-state index contributed by atoms with van der Waals surface area (Å²) in [7, 11) is 1.98. The van der Waals surface area contributed by atoms with E-state index >= 15 is 0 Å². The molecule has 4 nitrogen and oxygen atoms in total. The summed E-state index contributed by atoms with van der Waals surface area (Å²) in [5, 5.41) is 3.38.